The summed E-state index contributed by atoms with van der Waals surface area (Å²) in [6.07, 6.45) is 0. The van der Waals surface area contributed by atoms with Gasteiger partial charge in [0, 0.05) is 5.56 Å². The second-order valence-corrected chi connectivity index (χ2v) is 4.69. The summed E-state index contributed by atoms with van der Waals surface area (Å²) in [7, 11) is 0. The monoisotopic (exact) mass is 282 g/mol. The molecule has 0 aromatic heterocycles. The number of aromatic hydroxyl groups is 1. The highest BCUT2D eigenvalue weighted by molar-refractivity contribution is 6.01. The van der Waals surface area contributed by atoms with E-state index in [1.165, 1.54) is 18.2 Å². The summed E-state index contributed by atoms with van der Waals surface area (Å²) in [5.74, 6) is -2.19. The standard InChI is InChI=1S/C17H11FO3/c18-16-13(5-2-6-15(16)19)12-4-1-3-10-7-8-11(17(20)21)9-14(10)12/h1-9,19H,(H,20,21). The van der Waals surface area contributed by atoms with Crippen molar-refractivity contribution >= 4 is 16.7 Å². The molecule has 21 heavy (non-hydrogen) atoms. The number of phenols is 1. The van der Waals surface area contributed by atoms with Gasteiger partial charge in [0.05, 0.1) is 5.56 Å². The van der Waals surface area contributed by atoms with Crippen molar-refractivity contribution in [3.8, 4) is 16.9 Å². The third-order valence-electron chi connectivity index (χ3n) is 3.40. The van der Waals surface area contributed by atoms with Crippen molar-refractivity contribution in [2.45, 2.75) is 0 Å². The van der Waals surface area contributed by atoms with Crippen LogP contribution in [-0.4, -0.2) is 16.2 Å². The lowest BCUT2D eigenvalue weighted by Gasteiger charge is -2.09. The fourth-order valence-electron chi connectivity index (χ4n) is 2.37. The Morgan fingerprint density at radius 3 is 2.43 bits per heavy atom. The van der Waals surface area contributed by atoms with E-state index in [2.05, 4.69) is 0 Å². The highest BCUT2D eigenvalue weighted by Crippen LogP contribution is 2.33. The lowest BCUT2D eigenvalue weighted by Crippen LogP contribution is -1.96. The minimum atomic E-state index is -1.04. The van der Waals surface area contributed by atoms with Crippen LogP contribution in [0.25, 0.3) is 21.9 Å². The number of halogens is 1. The Balaban J connectivity index is 2.34. The van der Waals surface area contributed by atoms with Crippen molar-refractivity contribution in [2.75, 3.05) is 0 Å². The highest BCUT2D eigenvalue weighted by Gasteiger charge is 2.13. The Morgan fingerprint density at radius 2 is 1.67 bits per heavy atom. The molecular formula is C17H11FO3. The van der Waals surface area contributed by atoms with Crippen LogP contribution >= 0.6 is 0 Å². The smallest absolute Gasteiger partial charge is 0.335 e. The van der Waals surface area contributed by atoms with Crippen LogP contribution in [0.15, 0.2) is 54.6 Å². The fraction of sp³-hybridized carbons (Fsp3) is 0. The summed E-state index contributed by atoms with van der Waals surface area (Å²) in [4.78, 5) is 11.1. The van der Waals surface area contributed by atoms with E-state index in [9.17, 15) is 14.3 Å². The quantitative estimate of drug-likeness (QED) is 0.745. The molecule has 3 nitrogen and oxygen atoms in total. The molecule has 3 aromatic carbocycles. The van der Waals surface area contributed by atoms with Gasteiger partial charge in [-0.1, -0.05) is 36.4 Å². The van der Waals surface area contributed by atoms with Gasteiger partial charge in [-0.2, -0.15) is 0 Å². The lowest BCUT2D eigenvalue weighted by molar-refractivity contribution is 0.0697. The summed E-state index contributed by atoms with van der Waals surface area (Å²) in [6, 6.07) is 14.4. The van der Waals surface area contributed by atoms with E-state index >= 15 is 0 Å². The topological polar surface area (TPSA) is 57.5 Å². The molecule has 0 spiro atoms. The maximum atomic E-state index is 14.1. The van der Waals surface area contributed by atoms with Crippen molar-refractivity contribution in [2.24, 2.45) is 0 Å². The number of phenolic OH excluding ortho intramolecular Hbond substituents is 1. The Bertz CT molecular complexity index is 856. The van der Waals surface area contributed by atoms with Crippen molar-refractivity contribution in [3.63, 3.8) is 0 Å². The fourth-order valence-corrected chi connectivity index (χ4v) is 2.37. The van der Waals surface area contributed by atoms with Gasteiger partial charge < -0.3 is 10.2 Å². The van der Waals surface area contributed by atoms with Gasteiger partial charge >= 0.3 is 5.97 Å². The Hall–Kier alpha value is -2.88. The lowest BCUT2D eigenvalue weighted by atomic mass is 9.96. The van der Waals surface area contributed by atoms with E-state index in [0.717, 1.165) is 5.39 Å². The number of rotatable bonds is 2. The van der Waals surface area contributed by atoms with E-state index in [4.69, 9.17) is 5.11 Å². The van der Waals surface area contributed by atoms with Crippen LogP contribution in [0.4, 0.5) is 4.39 Å². The zero-order valence-corrected chi connectivity index (χ0v) is 10.9. The van der Waals surface area contributed by atoms with E-state index < -0.39 is 17.5 Å². The van der Waals surface area contributed by atoms with Crippen LogP contribution < -0.4 is 0 Å². The number of hydrogen-bond donors (Lipinski definition) is 2. The number of carboxylic acid groups (broad SMARTS) is 1. The summed E-state index contributed by atoms with van der Waals surface area (Å²) >= 11 is 0. The molecule has 0 fully saturated rings. The third-order valence-corrected chi connectivity index (χ3v) is 3.40. The molecule has 104 valence electrons. The third kappa shape index (κ3) is 2.21. The molecule has 4 heteroatoms. The molecule has 3 aromatic rings. The van der Waals surface area contributed by atoms with Gasteiger partial charge in [-0.15, -0.1) is 0 Å². The number of aromatic carboxylic acids is 1. The molecule has 0 heterocycles. The first-order valence-corrected chi connectivity index (χ1v) is 6.32. The Kier molecular flexibility index (Phi) is 3.06. The van der Waals surface area contributed by atoms with Gasteiger partial charge in [0.25, 0.3) is 0 Å². The van der Waals surface area contributed by atoms with Gasteiger partial charge in [-0.25, -0.2) is 9.18 Å². The molecule has 0 aliphatic carbocycles. The Morgan fingerprint density at radius 1 is 0.952 bits per heavy atom. The molecule has 3 rings (SSSR count). The highest BCUT2D eigenvalue weighted by atomic mass is 19.1. The molecule has 2 N–H and O–H groups in total. The average Bonchev–Trinajstić information content (AvgIpc) is 2.49. The van der Waals surface area contributed by atoms with Crippen molar-refractivity contribution in [1.82, 2.24) is 0 Å². The Labute approximate surface area is 119 Å². The first kappa shape index (κ1) is 13.1. The van der Waals surface area contributed by atoms with Crippen LogP contribution in [0.3, 0.4) is 0 Å². The second-order valence-electron chi connectivity index (χ2n) is 4.69. The number of fused-ring (bicyclic) bond motifs is 1. The predicted octanol–water partition coefficient (Wildman–Crippen LogP) is 4.05. The van der Waals surface area contributed by atoms with E-state index in [1.807, 2.05) is 6.07 Å². The normalized spacial score (nSPS) is 10.7. The zero-order chi connectivity index (χ0) is 15.0. The van der Waals surface area contributed by atoms with Crippen LogP contribution in [0, 0.1) is 5.82 Å². The summed E-state index contributed by atoms with van der Waals surface area (Å²) in [5.41, 5.74) is 0.919. The molecule has 0 bridgehead atoms. The van der Waals surface area contributed by atoms with Gasteiger partial charge in [0.15, 0.2) is 11.6 Å². The van der Waals surface area contributed by atoms with Crippen molar-refractivity contribution in [3.05, 3.63) is 66.0 Å². The van der Waals surface area contributed by atoms with Gasteiger partial charge in [0.2, 0.25) is 0 Å². The summed E-state index contributed by atoms with van der Waals surface area (Å²) in [6.45, 7) is 0. The maximum Gasteiger partial charge on any atom is 0.335 e. The molecule has 0 saturated heterocycles. The van der Waals surface area contributed by atoms with Gasteiger partial charge in [0.1, 0.15) is 0 Å². The van der Waals surface area contributed by atoms with E-state index in [-0.39, 0.29) is 11.1 Å². The molecule has 0 radical (unpaired) electrons. The molecule has 0 saturated carbocycles. The average molecular weight is 282 g/mol. The van der Waals surface area contributed by atoms with Crippen molar-refractivity contribution < 1.29 is 19.4 Å². The molecule has 0 unspecified atom stereocenters. The zero-order valence-electron chi connectivity index (χ0n) is 10.9. The second kappa shape index (κ2) is 4.90. The summed E-state index contributed by atoms with van der Waals surface area (Å²) < 4.78 is 14.1. The minimum absolute atomic E-state index is 0.135. The largest absolute Gasteiger partial charge is 0.505 e. The molecule has 0 atom stereocenters. The van der Waals surface area contributed by atoms with Crippen LogP contribution in [0.2, 0.25) is 0 Å². The molecule has 0 aliphatic heterocycles. The van der Waals surface area contributed by atoms with Crippen LogP contribution in [0.5, 0.6) is 5.75 Å². The van der Waals surface area contributed by atoms with E-state index in [1.54, 1.807) is 30.3 Å². The van der Waals surface area contributed by atoms with Crippen LogP contribution in [-0.2, 0) is 0 Å². The van der Waals surface area contributed by atoms with Crippen LogP contribution in [0.1, 0.15) is 10.4 Å². The number of carbonyl (C=O) groups is 1. The maximum absolute atomic E-state index is 14.1. The van der Waals surface area contributed by atoms with E-state index in [0.29, 0.717) is 10.9 Å². The molecular weight excluding hydrogens is 271 g/mol. The number of benzene rings is 3. The summed E-state index contributed by atoms with van der Waals surface area (Å²) in [5, 5.41) is 20.0. The first-order chi connectivity index (χ1) is 10.1. The molecule has 0 amide bonds. The SMILES string of the molecule is O=C(O)c1ccc2cccc(-c3cccc(O)c3F)c2c1. The molecule has 0 aliphatic rings. The van der Waals surface area contributed by atoms with Crippen molar-refractivity contribution in [1.29, 1.82) is 0 Å². The number of hydrogen-bond acceptors (Lipinski definition) is 2. The first-order valence-electron chi connectivity index (χ1n) is 6.32. The minimum Gasteiger partial charge on any atom is -0.505 e. The predicted molar refractivity (Wildman–Crippen MR) is 78.0 cm³/mol. The number of carboxylic acids is 1. The van der Waals surface area contributed by atoms with Gasteiger partial charge in [-0.05, 0) is 34.5 Å². The van der Waals surface area contributed by atoms with Gasteiger partial charge in [-0.3, -0.25) is 0 Å².